The molecule has 0 spiro atoms. The Kier molecular flexibility index (Phi) is 6.27. The zero-order valence-corrected chi connectivity index (χ0v) is 19.3. The second-order valence-corrected chi connectivity index (χ2v) is 11.1. The van der Waals surface area contributed by atoms with E-state index in [1.807, 2.05) is 25.2 Å². The minimum absolute atomic E-state index is 0.172. The highest BCUT2D eigenvalue weighted by Gasteiger charge is 2.31. The van der Waals surface area contributed by atoms with Crippen LogP contribution in [0.2, 0.25) is 5.02 Å². The maximum absolute atomic E-state index is 13.2. The smallest absolute Gasteiger partial charge is 0.244 e. The third-order valence-corrected chi connectivity index (χ3v) is 9.38. The first-order chi connectivity index (χ1) is 13.9. The van der Waals surface area contributed by atoms with Crippen molar-refractivity contribution in [3.8, 4) is 0 Å². The van der Waals surface area contributed by atoms with Crippen molar-refractivity contribution in [2.24, 2.45) is 5.10 Å². The largest absolute Gasteiger partial charge is 0.304 e. The average molecular weight is 455 g/mol. The molecule has 1 saturated heterocycles. The molecular weight excluding hydrogens is 428 g/mol. The van der Waals surface area contributed by atoms with Crippen molar-refractivity contribution in [3.63, 3.8) is 0 Å². The molecule has 158 valence electrons. The summed E-state index contributed by atoms with van der Waals surface area (Å²) in [7, 11) is 0.338. The molecule has 1 saturated carbocycles. The van der Waals surface area contributed by atoms with Gasteiger partial charge in [-0.3, -0.25) is 5.01 Å². The Bertz CT molecular complexity index is 945. The van der Waals surface area contributed by atoms with Gasteiger partial charge >= 0.3 is 0 Å². The molecule has 0 amide bonds. The van der Waals surface area contributed by atoms with Crippen LogP contribution < -0.4 is 0 Å². The fourth-order valence-electron chi connectivity index (χ4n) is 3.97. The van der Waals surface area contributed by atoms with E-state index in [-0.39, 0.29) is 9.92 Å². The van der Waals surface area contributed by atoms with E-state index < -0.39 is 10.0 Å². The molecule has 2 fully saturated rings. The van der Waals surface area contributed by atoms with Crippen LogP contribution in [0.25, 0.3) is 0 Å². The SMILES string of the molecule is CN1CCN(S(=O)(=O)c2cc(C3=NN(C)C(=C4CCCCC4)S3)ccc2Cl)CC1. The minimum Gasteiger partial charge on any atom is -0.304 e. The van der Waals surface area contributed by atoms with Crippen LogP contribution in [-0.2, 0) is 10.0 Å². The van der Waals surface area contributed by atoms with Gasteiger partial charge in [0.1, 0.15) is 9.94 Å². The Hall–Kier alpha value is -1.06. The number of benzene rings is 1. The van der Waals surface area contributed by atoms with E-state index in [0.29, 0.717) is 13.1 Å². The molecule has 29 heavy (non-hydrogen) atoms. The van der Waals surface area contributed by atoms with E-state index in [9.17, 15) is 8.42 Å². The molecule has 3 aliphatic rings. The quantitative estimate of drug-likeness (QED) is 0.695. The van der Waals surface area contributed by atoms with E-state index in [1.54, 1.807) is 23.9 Å². The summed E-state index contributed by atoms with van der Waals surface area (Å²) in [5.74, 6) is 0. The van der Waals surface area contributed by atoms with Crippen LogP contribution in [0.1, 0.15) is 37.7 Å². The summed E-state index contributed by atoms with van der Waals surface area (Å²) in [5.41, 5.74) is 2.26. The number of hydrazone groups is 1. The van der Waals surface area contributed by atoms with Gasteiger partial charge in [0, 0.05) is 38.8 Å². The van der Waals surface area contributed by atoms with Gasteiger partial charge in [-0.05, 0) is 62.2 Å². The van der Waals surface area contributed by atoms with Gasteiger partial charge in [-0.1, -0.05) is 24.1 Å². The van der Waals surface area contributed by atoms with Crippen LogP contribution in [-0.4, -0.2) is 67.9 Å². The summed E-state index contributed by atoms with van der Waals surface area (Å²) in [6.45, 7) is 2.41. The number of likely N-dealkylation sites (N-methyl/N-ethyl adjacent to an activating group) is 1. The number of allylic oxidation sites excluding steroid dienone is 1. The lowest BCUT2D eigenvalue weighted by molar-refractivity contribution is 0.222. The molecule has 1 aromatic rings. The highest BCUT2D eigenvalue weighted by Crippen LogP contribution is 2.39. The van der Waals surface area contributed by atoms with Gasteiger partial charge in [0.2, 0.25) is 10.0 Å². The van der Waals surface area contributed by atoms with E-state index in [0.717, 1.165) is 36.5 Å². The molecule has 2 aliphatic heterocycles. The molecule has 0 atom stereocenters. The third-order valence-electron chi connectivity index (χ3n) is 5.75. The summed E-state index contributed by atoms with van der Waals surface area (Å²) < 4.78 is 28.0. The van der Waals surface area contributed by atoms with Crippen molar-refractivity contribution in [1.29, 1.82) is 0 Å². The van der Waals surface area contributed by atoms with Gasteiger partial charge in [0.05, 0.1) is 10.1 Å². The number of nitrogens with zero attached hydrogens (tertiary/aromatic N) is 4. The van der Waals surface area contributed by atoms with Gasteiger partial charge in [0.25, 0.3) is 0 Å². The van der Waals surface area contributed by atoms with Crippen molar-refractivity contribution >= 4 is 38.4 Å². The van der Waals surface area contributed by atoms with Crippen LogP contribution in [0.5, 0.6) is 0 Å². The second-order valence-electron chi connectivity index (χ2n) is 7.85. The number of rotatable bonds is 3. The number of hydrogen-bond donors (Lipinski definition) is 0. The lowest BCUT2D eigenvalue weighted by Crippen LogP contribution is -2.47. The monoisotopic (exact) mass is 454 g/mol. The molecule has 2 heterocycles. The molecule has 0 aromatic heterocycles. The fourth-order valence-corrected chi connectivity index (χ4v) is 7.01. The van der Waals surface area contributed by atoms with Crippen molar-refractivity contribution < 1.29 is 8.42 Å². The van der Waals surface area contributed by atoms with Gasteiger partial charge in [0.15, 0.2) is 0 Å². The third kappa shape index (κ3) is 4.37. The Balaban J connectivity index is 1.61. The van der Waals surface area contributed by atoms with Crippen molar-refractivity contribution in [3.05, 3.63) is 39.4 Å². The summed E-state index contributed by atoms with van der Waals surface area (Å²) in [6, 6.07) is 5.22. The maximum Gasteiger partial charge on any atom is 0.244 e. The van der Waals surface area contributed by atoms with Gasteiger partial charge in [-0.25, -0.2) is 8.42 Å². The van der Waals surface area contributed by atoms with Gasteiger partial charge in [-0.2, -0.15) is 9.41 Å². The number of piperazine rings is 1. The van der Waals surface area contributed by atoms with Gasteiger partial charge in [-0.15, -0.1) is 0 Å². The van der Waals surface area contributed by atoms with Crippen molar-refractivity contribution in [2.45, 2.75) is 37.0 Å². The lowest BCUT2D eigenvalue weighted by Gasteiger charge is -2.31. The first-order valence-corrected chi connectivity index (χ1v) is 12.7. The maximum atomic E-state index is 13.2. The average Bonchev–Trinajstić information content (AvgIpc) is 3.11. The van der Waals surface area contributed by atoms with E-state index in [1.165, 1.54) is 34.2 Å². The predicted molar refractivity (Wildman–Crippen MR) is 120 cm³/mol. The molecule has 6 nitrogen and oxygen atoms in total. The molecule has 4 rings (SSSR count). The van der Waals surface area contributed by atoms with Gasteiger partial charge < -0.3 is 4.90 Å². The topological polar surface area (TPSA) is 56.2 Å². The molecule has 0 bridgehead atoms. The lowest BCUT2D eigenvalue weighted by atomic mass is 9.96. The standard InChI is InChI=1S/C20H27ClN4O2S2/c1-23-10-12-25(13-11-23)29(26,27)18-14-16(8-9-17(18)21)19-22-24(2)20(28-19)15-6-4-3-5-7-15/h8-9,14H,3-7,10-13H2,1-2H3. The van der Waals surface area contributed by atoms with Crippen LogP contribution in [0.4, 0.5) is 0 Å². The van der Waals surface area contributed by atoms with Crippen LogP contribution in [0, 0.1) is 0 Å². The summed E-state index contributed by atoms with van der Waals surface area (Å²) in [4.78, 5) is 2.30. The molecule has 0 radical (unpaired) electrons. The zero-order chi connectivity index (χ0) is 20.6. The van der Waals surface area contributed by atoms with E-state index in [4.69, 9.17) is 11.6 Å². The summed E-state index contributed by atoms with van der Waals surface area (Å²) in [6.07, 6.45) is 6.01. The number of hydrogen-bond acceptors (Lipinski definition) is 6. The molecule has 1 aliphatic carbocycles. The van der Waals surface area contributed by atoms with E-state index in [2.05, 4.69) is 10.0 Å². The number of halogens is 1. The molecule has 0 N–H and O–H groups in total. The predicted octanol–water partition coefficient (Wildman–Crippen LogP) is 3.79. The zero-order valence-electron chi connectivity index (χ0n) is 16.9. The Morgan fingerprint density at radius 2 is 1.72 bits per heavy atom. The first kappa shape index (κ1) is 21.2. The molecular formula is C20H27ClN4O2S2. The normalized spacial score (nSPS) is 22.3. The van der Waals surface area contributed by atoms with Crippen molar-refractivity contribution in [1.82, 2.24) is 14.2 Å². The minimum atomic E-state index is -3.63. The second kappa shape index (κ2) is 8.59. The highest BCUT2D eigenvalue weighted by atomic mass is 35.5. The number of thioether (sulfide) groups is 1. The molecule has 1 aromatic carbocycles. The van der Waals surface area contributed by atoms with Crippen LogP contribution >= 0.6 is 23.4 Å². The van der Waals surface area contributed by atoms with Crippen LogP contribution in [0.15, 0.2) is 38.8 Å². The molecule has 0 unspecified atom stereocenters. The Morgan fingerprint density at radius 3 is 2.41 bits per heavy atom. The summed E-state index contributed by atoms with van der Waals surface area (Å²) >= 11 is 7.97. The van der Waals surface area contributed by atoms with Crippen molar-refractivity contribution in [2.75, 3.05) is 40.3 Å². The summed E-state index contributed by atoms with van der Waals surface area (Å²) in [5, 5.41) is 8.90. The first-order valence-electron chi connectivity index (χ1n) is 10.1. The Morgan fingerprint density at radius 1 is 1.03 bits per heavy atom. The Labute approximate surface area is 182 Å². The fraction of sp³-hybridized carbons (Fsp3) is 0.550. The highest BCUT2D eigenvalue weighted by molar-refractivity contribution is 8.17. The van der Waals surface area contributed by atoms with Crippen LogP contribution in [0.3, 0.4) is 0 Å². The number of sulfonamides is 1. The van der Waals surface area contributed by atoms with E-state index >= 15 is 0 Å². The molecule has 9 heteroatoms.